The van der Waals surface area contributed by atoms with E-state index in [1.807, 2.05) is 20.0 Å². The van der Waals surface area contributed by atoms with Gasteiger partial charge in [-0.25, -0.2) is 9.97 Å². The topological polar surface area (TPSA) is 69.5 Å². The van der Waals surface area contributed by atoms with Crippen LogP contribution in [0.1, 0.15) is 44.1 Å². The Balaban J connectivity index is 2.23. The van der Waals surface area contributed by atoms with Gasteiger partial charge in [0.15, 0.2) is 0 Å². The van der Waals surface area contributed by atoms with Gasteiger partial charge in [-0.3, -0.25) is 0 Å². The monoisotopic (exact) mass is 265 g/mol. The molecule has 0 spiro atoms. The van der Waals surface area contributed by atoms with E-state index in [2.05, 4.69) is 14.9 Å². The average molecular weight is 265 g/mol. The van der Waals surface area contributed by atoms with E-state index in [1.165, 1.54) is 0 Å². The number of rotatable bonds is 4. The molecule has 1 unspecified atom stereocenters. The van der Waals surface area contributed by atoms with Crippen LogP contribution in [0.25, 0.3) is 0 Å². The van der Waals surface area contributed by atoms with Crippen LogP contribution < -0.4 is 4.90 Å². The summed E-state index contributed by atoms with van der Waals surface area (Å²) in [6.07, 6.45) is 3.93. The van der Waals surface area contributed by atoms with E-state index in [1.54, 1.807) is 0 Å². The van der Waals surface area contributed by atoms with E-state index in [-0.39, 0.29) is 19.1 Å². The summed E-state index contributed by atoms with van der Waals surface area (Å²) in [5.41, 5.74) is 1.60. The minimum atomic E-state index is -0.0716. The summed E-state index contributed by atoms with van der Waals surface area (Å²) in [7, 11) is 0. The Morgan fingerprint density at radius 1 is 1.42 bits per heavy atom. The predicted molar refractivity (Wildman–Crippen MR) is 74.1 cm³/mol. The fourth-order valence-electron chi connectivity index (χ4n) is 2.52. The van der Waals surface area contributed by atoms with Crippen molar-refractivity contribution in [3.63, 3.8) is 0 Å². The first-order valence-corrected chi connectivity index (χ1v) is 6.98. The van der Waals surface area contributed by atoms with Gasteiger partial charge in [0.25, 0.3) is 0 Å². The highest BCUT2D eigenvalue weighted by Crippen LogP contribution is 2.26. The van der Waals surface area contributed by atoms with Crippen LogP contribution in [-0.2, 0) is 6.61 Å². The first-order valence-electron chi connectivity index (χ1n) is 6.98. The van der Waals surface area contributed by atoms with Crippen molar-refractivity contribution in [2.24, 2.45) is 5.92 Å². The minimum Gasteiger partial charge on any atom is -0.396 e. The molecule has 0 bridgehead atoms. The second-order valence-electron chi connectivity index (χ2n) is 5.51. The molecular formula is C14H23N3O2. The minimum absolute atomic E-state index is 0.0716. The number of aliphatic hydroxyl groups excluding tert-OH is 2. The molecule has 1 aromatic rings. The lowest BCUT2D eigenvalue weighted by atomic mass is 9.98. The van der Waals surface area contributed by atoms with Crippen molar-refractivity contribution < 1.29 is 10.2 Å². The van der Waals surface area contributed by atoms with Crippen LogP contribution in [0.5, 0.6) is 0 Å². The highest BCUT2D eigenvalue weighted by molar-refractivity contribution is 5.49. The summed E-state index contributed by atoms with van der Waals surface area (Å²) in [6.45, 7) is 5.98. The van der Waals surface area contributed by atoms with E-state index in [0.717, 1.165) is 37.4 Å². The van der Waals surface area contributed by atoms with Crippen molar-refractivity contribution in [2.75, 3.05) is 24.6 Å². The molecule has 1 aliphatic rings. The number of nitrogens with zero attached hydrogens (tertiary/aromatic N) is 3. The van der Waals surface area contributed by atoms with Gasteiger partial charge < -0.3 is 15.1 Å². The normalized spacial score (nSPS) is 20.1. The molecule has 5 heteroatoms. The molecule has 0 amide bonds. The Labute approximate surface area is 114 Å². The Morgan fingerprint density at radius 2 is 2.21 bits per heavy atom. The first kappa shape index (κ1) is 14.2. The van der Waals surface area contributed by atoms with Crippen LogP contribution in [0.15, 0.2) is 6.20 Å². The third-order valence-electron chi connectivity index (χ3n) is 3.65. The summed E-state index contributed by atoms with van der Waals surface area (Å²) in [6, 6.07) is 0. The zero-order valence-electron chi connectivity index (χ0n) is 11.7. The maximum absolute atomic E-state index is 9.51. The first-order chi connectivity index (χ1) is 9.15. The van der Waals surface area contributed by atoms with Crippen LogP contribution in [0.2, 0.25) is 0 Å². The van der Waals surface area contributed by atoms with Crippen molar-refractivity contribution in [1.82, 2.24) is 9.97 Å². The van der Waals surface area contributed by atoms with Crippen LogP contribution in [0.4, 0.5) is 5.69 Å². The number of aromatic nitrogens is 2. The van der Waals surface area contributed by atoms with Gasteiger partial charge in [-0.05, 0) is 18.8 Å². The molecule has 5 nitrogen and oxygen atoms in total. The Bertz CT molecular complexity index is 423. The molecule has 1 saturated heterocycles. The zero-order valence-corrected chi connectivity index (χ0v) is 11.7. The van der Waals surface area contributed by atoms with Gasteiger partial charge >= 0.3 is 0 Å². The van der Waals surface area contributed by atoms with Crippen LogP contribution in [0.3, 0.4) is 0 Å². The summed E-state index contributed by atoms with van der Waals surface area (Å²) in [5, 5.41) is 18.8. The van der Waals surface area contributed by atoms with Gasteiger partial charge in [-0.1, -0.05) is 13.8 Å². The predicted octanol–water partition coefficient (Wildman–Crippen LogP) is 1.30. The molecule has 1 fully saturated rings. The fourth-order valence-corrected chi connectivity index (χ4v) is 2.52. The maximum Gasteiger partial charge on any atom is 0.131 e. The smallest absolute Gasteiger partial charge is 0.131 e. The fraction of sp³-hybridized carbons (Fsp3) is 0.714. The molecule has 2 N–H and O–H groups in total. The second-order valence-corrected chi connectivity index (χ2v) is 5.51. The molecule has 106 valence electrons. The Morgan fingerprint density at radius 3 is 2.84 bits per heavy atom. The maximum atomic E-state index is 9.51. The molecule has 19 heavy (non-hydrogen) atoms. The van der Waals surface area contributed by atoms with Gasteiger partial charge in [0.2, 0.25) is 0 Å². The largest absolute Gasteiger partial charge is 0.396 e. The van der Waals surface area contributed by atoms with Crippen molar-refractivity contribution in [3.8, 4) is 0 Å². The van der Waals surface area contributed by atoms with Crippen molar-refractivity contribution in [2.45, 2.75) is 39.2 Å². The van der Waals surface area contributed by atoms with Gasteiger partial charge in [-0.2, -0.15) is 0 Å². The van der Waals surface area contributed by atoms with E-state index >= 15 is 0 Å². The average Bonchev–Trinajstić information content (AvgIpc) is 2.46. The number of aliphatic hydroxyl groups is 2. The number of piperidine rings is 1. The van der Waals surface area contributed by atoms with Gasteiger partial charge in [0.1, 0.15) is 5.82 Å². The third kappa shape index (κ3) is 3.22. The van der Waals surface area contributed by atoms with Crippen LogP contribution in [-0.4, -0.2) is 39.9 Å². The van der Waals surface area contributed by atoms with Crippen molar-refractivity contribution >= 4 is 5.69 Å². The molecule has 2 heterocycles. The highest BCUT2D eigenvalue weighted by atomic mass is 16.3. The summed E-state index contributed by atoms with van der Waals surface area (Å²) in [4.78, 5) is 11.0. The molecule has 1 atom stereocenters. The molecular weight excluding hydrogens is 242 g/mol. The van der Waals surface area contributed by atoms with Crippen LogP contribution >= 0.6 is 0 Å². The Kier molecular flexibility index (Phi) is 4.71. The van der Waals surface area contributed by atoms with E-state index < -0.39 is 0 Å². The summed E-state index contributed by atoms with van der Waals surface area (Å²) >= 11 is 0. The molecule has 1 aromatic heterocycles. The molecule has 0 aromatic carbocycles. The summed E-state index contributed by atoms with van der Waals surface area (Å²) in [5.74, 6) is 1.33. The van der Waals surface area contributed by atoms with E-state index in [4.69, 9.17) is 0 Å². The quantitative estimate of drug-likeness (QED) is 0.859. The lowest BCUT2D eigenvalue weighted by molar-refractivity contribution is 0.208. The summed E-state index contributed by atoms with van der Waals surface area (Å²) < 4.78 is 0. The zero-order chi connectivity index (χ0) is 13.8. The lowest BCUT2D eigenvalue weighted by Gasteiger charge is -2.34. The van der Waals surface area contributed by atoms with Crippen molar-refractivity contribution in [1.29, 1.82) is 0 Å². The van der Waals surface area contributed by atoms with E-state index in [0.29, 0.717) is 11.6 Å². The SMILES string of the molecule is CC(C)c1ncc(N2CCCC(CO)C2)c(CO)n1. The number of anilines is 1. The molecule has 1 aliphatic heterocycles. The highest BCUT2D eigenvalue weighted by Gasteiger charge is 2.22. The second kappa shape index (κ2) is 6.30. The van der Waals surface area contributed by atoms with Gasteiger partial charge in [0, 0.05) is 25.6 Å². The van der Waals surface area contributed by atoms with Crippen molar-refractivity contribution in [3.05, 3.63) is 17.7 Å². The number of hydrogen-bond donors (Lipinski definition) is 2. The molecule has 0 radical (unpaired) electrons. The standard InChI is InChI=1S/C14H23N3O2/c1-10(2)14-15-6-13(12(9-19)16-14)17-5-3-4-11(7-17)8-18/h6,10-11,18-19H,3-5,7-9H2,1-2H3. The van der Waals surface area contributed by atoms with Gasteiger partial charge in [-0.15, -0.1) is 0 Å². The molecule has 2 rings (SSSR count). The van der Waals surface area contributed by atoms with E-state index in [9.17, 15) is 10.2 Å². The molecule has 0 saturated carbocycles. The molecule has 0 aliphatic carbocycles. The lowest BCUT2D eigenvalue weighted by Crippen LogP contribution is -2.37. The van der Waals surface area contributed by atoms with Crippen LogP contribution in [0, 0.1) is 5.92 Å². The number of hydrogen-bond acceptors (Lipinski definition) is 5. The van der Waals surface area contributed by atoms with Gasteiger partial charge in [0.05, 0.1) is 24.2 Å². The Hall–Kier alpha value is -1.20. The third-order valence-corrected chi connectivity index (χ3v) is 3.65.